The highest BCUT2D eigenvalue weighted by atomic mass is 32.1. The van der Waals surface area contributed by atoms with E-state index >= 15 is 0 Å². The van der Waals surface area contributed by atoms with Gasteiger partial charge in [-0.15, -0.1) is 11.3 Å². The van der Waals surface area contributed by atoms with E-state index in [2.05, 4.69) is 4.98 Å². The van der Waals surface area contributed by atoms with E-state index < -0.39 is 5.97 Å². The zero-order valence-corrected chi connectivity index (χ0v) is 11.3. The Kier molecular flexibility index (Phi) is 2.87. The number of nitrogens with zero attached hydrogens (tertiary/aromatic N) is 2. The first-order valence-electron chi connectivity index (χ1n) is 5.89. The van der Waals surface area contributed by atoms with Crippen molar-refractivity contribution in [2.75, 3.05) is 0 Å². The van der Waals surface area contributed by atoms with Crippen molar-refractivity contribution in [3.05, 3.63) is 57.5 Å². The summed E-state index contributed by atoms with van der Waals surface area (Å²) in [6, 6.07) is 9.12. The van der Waals surface area contributed by atoms with Crippen LogP contribution in [0.3, 0.4) is 0 Å². The number of carboxylic acids is 1. The lowest BCUT2D eigenvalue weighted by molar-refractivity contribution is 0.0701. The molecule has 0 saturated heterocycles. The molecule has 0 saturated carbocycles. The predicted molar refractivity (Wildman–Crippen MR) is 76.9 cm³/mol. The fourth-order valence-corrected chi connectivity index (χ4v) is 3.08. The molecule has 0 fully saturated rings. The molecule has 0 bridgehead atoms. The molecule has 0 unspecified atom stereocenters. The van der Waals surface area contributed by atoms with Gasteiger partial charge < -0.3 is 5.11 Å². The van der Waals surface area contributed by atoms with Gasteiger partial charge in [0.1, 0.15) is 16.0 Å². The standard InChI is InChI=1S/C14H10N2O3S/c1-8-10-12(20-11(8)14(18)19)15-7-16(13(10)17)9-5-3-2-4-6-9/h2-7H,1H3,(H,18,19). The van der Waals surface area contributed by atoms with Gasteiger partial charge in [0, 0.05) is 0 Å². The smallest absolute Gasteiger partial charge is 0.346 e. The van der Waals surface area contributed by atoms with E-state index in [1.54, 1.807) is 19.1 Å². The molecule has 0 aliphatic heterocycles. The number of para-hydroxylation sites is 1. The van der Waals surface area contributed by atoms with Gasteiger partial charge in [-0.05, 0) is 24.6 Å². The first-order valence-corrected chi connectivity index (χ1v) is 6.70. The lowest BCUT2D eigenvalue weighted by atomic mass is 10.2. The van der Waals surface area contributed by atoms with Crippen molar-refractivity contribution in [2.24, 2.45) is 0 Å². The van der Waals surface area contributed by atoms with Crippen LogP contribution in [-0.4, -0.2) is 20.6 Å². The Balaban J connectivity index is 2.34. The van der Waals surface area contributed by atoms with Gasteiger partial charge in [0.2, 0.25) is 0 Å². The van der Waals surface area contributed by atoms with Gasteiger partial charge in [-0.1, -0.05) is 18.2 Å². The summed E-state index contributed by atoms with van der Waals surface area (Å²) in [5, 5.41) is 9.49. The Morgan fingerprint density at radius 2 is 2.00 bits per heavy atom. The average Bonchev–Trinajstić information content (AvgIpc) is 2.78. The van der Waals surface area contributed by atoms with Gasteiger partial charge in [0.05, 0.1) is 11.1 Å². The van der Waals surface area contributed by atoms with Crippen LogP contribution < -0.4 is 5.56 Å². The highest BCUT2D eigenvalue weighted by Gasteiger charge is 2.18. The van der Waals surface area contributed by atoms with Crippen molar-refractivity contribution < 1.29 is 9.90 Å². The van der Waals surface area contributed by atoms with Crippen molar-refractivity contribution >= 4 is 27.5 Å². The van der Waals surface area contributed by atoms with Crippen LogP contribution in [0.4, 0.5) is 0 Å². The van der Waals surface area contributed by atoms with Crippen molar-refractivity contribution in [1.29, 1.82) is 0 Å². The second kappa shape index (κ2) is 4.57. The van der Waals surface area contributed by atoms with Crippen LogP contribution in [0.5, 0.6) is 0 Å². The molecule has 0 amide bonds. The highest BCUT2D eigenvalue weighted by Crippen LogP contribution is 2.26. The summed E-state index contributed by atoms with van der Waals surface area (Å²) >= 11 is 1.03. The van der Waals surface area contributed by atoms with Crippen molar-refractivity contribution in [3.63, 3.8) is 0 Å². The van der Waals surface area contributed by atoms with Crippen LogP contribution >= 0.6 is 11.3 Å². The van der Waals surface area contributed by atoms with Gasteiger partial charge in [0.25, 0.3) is 5.56 Å². The molecule has 1 aromatic carbocycles. The number of hydrogen-bond acceptors (Lipinski definition) is 4. The van der Waals surface area contributed by atoms with Gasteiger partial charge >= 0.3 is 5.97 Å². The molecule has 3 aromatic rings. The molecule has 6 heteroatoms. The Morgan fingerprint density at radius 1 is 1.30 bits per heavy atom. The Labute approximate surface area is 117 Å². The maximum atomic E-state index is 12.5. The zero-order valence-electron chi connectivity index (χ0n) is 10.5. The second-order valence-electron chi connectivity index (χ2n) is 4.30. The third-order valence-corrected chi connectivity index (χ3v) is 4.27. The third kappa shape index (κ3) is 1.81. The van der Waals surface area contributed by atoms with Crippen LogP contribution in [0, 0.1) is 6.92 Å². The summed E-state index contributed by atoms with van der Waals surface area (Å²) in [6.45, 7) is 1.64. The summed E-state index contributed by atoms with van der Waals surface area (Å²) in [5.74, 6) is -1.03. The van der Waals surface area contributed by atoms with Crippen molar-refractivity contribution in [1.82, 2.24) is 9.55 Å². The molecule has 0 atom stereocenters. The number of carboxylic acid groups (broad SMARTS) is 1. The van der Waals surface area contributed by atoms with Gasteiger partial charge in [0.15, 0.2) is 0 Å². The number of thiophene rings is 1. The first-order chi connectivity index (χ1) is 9.59. The van der Waals surface area contributed by atoms with Crippen LogP contribution in [-0.2, 0) is 0 Å². The summed E-state index contributed by atoms with van der Waals surface area (Å²) in [4.78, 5) is 28.5. The first kappa shape index (κ1) is 12.6. The molecule has 0 spiro atoms. The summed E-state index contributed by atoms with van der Waals surface area (Å²) in [5.41, 5.74) is 0.928. The lowest BCUT2D eigenvalue weighted by Crippen LogP contribution is -2.18. The van der Waals surface area contributed by atoms with Crippen molar-refractivity contribution in [2.45, 2.75) is 6.92 Å². The van der Waals surface area contributed by atoms with E-state index in [4.69, 9.17) is 5.11 Å². The van der Waals surface area contributed by atoms with E-state index in [0.717, 1.165) is 11.3 Å². The van der Waals surface area contributed by atoms with E-state index in [1.165, 1.54) is 10.9 Å². The largest absolute Gasteiger partial charge is 0.477 e. The van der Waals surface area contributed by atoms with E-state index in [1.807, 2.05) is 18.2 Å². The number of benzene rings is 1. The van der Waals surface area contributed by atoms with E-state index in [-0.39, 0.29) is 10.4 Å². The minimum Gasteiger partial charge on any atom is -0.477 e. The molecule has 5 nitrogen and oxygen atoms in total. The molecule has 0 radical (unpaired) electrons. The van der Waals surface area contributed by atoms with Gasteiger partial charge in [-0.3, -0.25) is 9.36 Å². The normalized spacial score (nSPS) is 10.8. The quantitative estimate of drug-likeness (QED) is 0.785. The van der Waals surface area contributed by atoms with Crippen LogP contribution in [0.2, 0.25) is 0 Å². The maximum Gasteiger partial charge on any atom is 0.346 e. The number of aromatic nitrogens is 2. The van der Waals surface area contributed by atoms with Crippen LogP contribution in [0.25, 0.3) is 15.9 Å². The molecular formula is C14H10N2O3S. The molecule has 1 N–H and O–H groups in total. The number of rotatable bonds is 2. The van der Waals surface area contributed by atoms with Crippen LogP contribution in [0.1, 0.15) is 15.2 Å². The Hall–Kier alpha value is -2.47. The lowest BCUT2D eigenvalue weighted by Gasteiger charge is -2.04. The molecule has 2 heterocycles. The molecule has 20 heavy (non-hydrogen) atoms. The fourth-order valence-electron chi connectivity index (χ4n) is 2.10. The van der Waals surface area contributed by atoms with Crippen molar-refractivity contribution in [3.8, 4) is 5.69 Å². The maximum absolute atomic E-state index is 12.5. The Morgan fingerprint density at radius 3 is 2.65 bits per heavy atom. The molecule has 100 valence electrons. The topological polar surface area (TPSA) is 72.2 Å². The molecule has 2 aromatic heterocycles. The van der Waals surface area contributed by atoms with Gasteiger partial charge in [-0.2, -0.15) is 0 Å². The Bertz CT molecular complexity index is 865. The molecule has 0 aliphatic rings. The number of aryl methyl sites for hydroxylation is 1. The molecule has 3 rings (SSSR count). The monoisotopic (exact) mass is 286 g/mol. The summed E-state index contributed by atoms with van der Waals surface area (Å²) in [6.07, 6.45) is 1.43. The number of hydrogen-bond donors (Lipinski definition) is 1. The van der Waals surface area contributed by atoms with Gasteiger partial charge in [-0.25, -0.2) is 9.78 Å². The van der Waals surface area contributed by atoms with Crippen LogP contribution in [0.15, 0.2) is 41.5 Å². The molecular weight excluding hydrogens is 276 g/mol. The minimum atomic E-state index is -1.03. The average molecular weight is 286 g/mol. The third-order valence-electron chi connectivity index (χ3n) is 3.08. The SMILES string of the molecule is Cc1c(C(=O)O)sc2ncn(-c3ccccc3)c(=O)c12. The number of aromatic carboxylic acids is 1. The van der Waals surface area contributed by atoms with E-state index in [9.17, 15) is 9.59 Å². The number of carbonyl (C=O) groups is 1. The summed E-state index contributed by atoms with van der Waals surface area (Å²) < 4.78 is 1.42. The van der Waals surface area contributed by atoms with E-state index in [0.29, 0.717) is 21.5 Å². The fraction of sp³-hybridized carbons (Fsp3) is 0.0714. The number of fused-ring (bicyclic) bond motifs is 1. The minimum absolute atomic E-state index is 0.162. The molecule has 0 aliphatic carbocycles. The zero-order chi connectivity index (χ0) is 14.3. The summed E-state index contributed by atoms with van der Waals surface area (Å²) in [7, 11) is 0. The second-order valence-corrected chi connectivity index (χ2v) is 5.30. The predicted octanol–water partition coefficient (Wildman–Crippen LogP) is 2.45. The highest BCUT2D eigenvalue weighted by molar-refractivity contribution is 7.20.